The third-order valence-electron chi connectivity index (χ3n) is 5.71. The van der Waals surface area contributed by atoms with Crippen molar-refractivity contribution in [3.8, 4) is 0 Å². The minimum atomic E-state index is -0.357. The number of likely N-dealkylation sites (tertiary alicyclic amines) is 1. The summed E-state index contributed by atoms with van der Waals surface area (Å²) in [5.41, 5.74) is 2.27. The SMILES string of the molecule is C/C=C\c1[nH]c(C(=O)NCC)cc1/C=C/CC.CC1(OC(=O)N2CC3CC3C2)COC1. The van der Waals surface area contributed by atoms with E-state index in [1.165, 1.54) is 6.42 Å². The maximum atomic E-state index is 11.7. The largest absolute Gasteiger partial charge is 0.438 e. The third kappa shape index (κ3) is 6.00. The number of hydrogen-bond donors (Lipinski definition) is 2. The van der Waals surface area contributed by atoms with Gasteiger partial charge in [-0.1, -0.05) is 25.2 Å². The Morgan fingerprint density at radius 1 is 1.29 bits per heavy atom. The number of aromatic amines is 1. The molecule has 2 N–H and O–H groups in total. The number of rotatable bonds is 6. The molecule has 2 aliphatic heterocycles. The maximum Gasteiger partial charge on any atom is 0.410 e. The second kappa shape index (κ2) is 10.2. The van der Waals surface area contributed by atoms with Crippen molar-refractivity contribution < 1.29 is 19.1 Å². The van der Waals surface area contributed by atoms with Crippen molar-refractivity contribution in [1.82, 2.24) is 15.2 Å². The zero-order chi connectivity index (χ0) is 22.4. The lowest BCUT2D eigenvalue weighted by molar-refractivity contribution is -0.171. The van der Waals surface area contributed by atoms with Gasteiger partial charge in [-0.2, -0.15) is 0 Å². The number of hydrogen-bond acceptors (Lipinski definition) is 4. The summed E-state index contributed by atoms with van der Waals surface area (Å²) in [4.78, 5) is 28.3. The number of piperidine rings is 1. The Kier molecular flexibility index (Phi) is 7.59. The number of nitrogens with zero attached hydrogens (tertiary/aromatic N) is 1. The summed E-state index contributed by atoms with van der Waals surface area (Å²) in [6, 6.07) is 1.88. The highest BCUT2D eigenvalue weighted by molar-refractivity contribution is 5.94. The van der Waals surface area contributed by atoms with Gasteiger partial charge in [-0.15, -0.1) is 0 Å². The van der Waals surface area contributed by atoms with E-state index in [1.807, 2.05) is 50.0 Å². The van der Waals surface area contributed by atoms with Gasteiger partial charge in [0.1, 0.15) is 5.69 Å². The molecule has 2 amide bonds. The molecule has 0 spiro atoms. The minimum absolute atomic E-state index is 0.0607. The van der Waals surface area contributed by atoms with Gasteiger partial charge in [0.25, 0.3) is 5.91 Å². The van der Waals surface area contributed by atoms with E-state index in [-0.39, 0.29) is 17.6 Å². The van der Waals surface area contributed by atoms with Crippen LogP contribution in [0, 0.1) is 11.8 Å². The lowest BCUT2D eigenvalue weighted by atomic mass is 10.1. The van der Waals surface area contributed by atoms with Crippen LogP contribution in [0.3, 0.4) is 0 Å². The number of amides is 2. The minimum Gasteiger partial charge on any atom is -0.438 e. The van der Waals surface area contributed by atoms with E-state index in [4.69, 9.17) is 9.47 Å². The first kappa shape index (κ1) is 23.1. The van der Waals surface area contributed by atoms with Gasteiger partial charge in [-0.05, 0) is 63.2 Å². The van der Waals surface area contributed by atoms with Crippen molar-refractivity contribution in [3.63, 3.8) is 0 Å². The number of aromatic nitrogens is 1. The van der Waals surface area contributed by atoms with Crippen LogP contribution in [0.4, 0.5) is 4.79 Å². The molecular weight excluding hydrogens is 394 g/mol. The Morgan fingerprint density at radius 3 is 2.55 bits per heavy atom. The first-order valence-electron chi connectivity index (χ1n) is 11.2. The second-order valence-corrected chi connectivity index (χ2v) is 8.69. The Bertz CT molecular complexity index is 828. The Morgan fingerprint density at radius 2 is 2.00 bits per heavy atom. The third-order valence-corrected chi connectivity index (χ3v) is 5.71. The maximum absolute atomic E-state index is 11.7. The summed E-state index contributed by atoms with van der Waals surface area (Å²) in [6.07, 6.45) is 10.2. The number of nitrogens with one attached hydrogen (secondary N) is 2. The van der Waals surface area contributed by atoms with Gasteiger partial charge in [0, 0.05) is 25.3 Å². The van der Waals surface area contributed by atoms with Crippen LogP contribution in [0.25, 0.3) is 12.2 Å². The van der Waals surface area contributed by atoms with E-state index in [9.17, 15) is 9.59 Å². The number of H-pyrrole nitrogens is 1. The van der Waals surface area contributed by atoms with Crippen molar-refractivity contribution in [3.05, 3.63) is 35.2 Å². The van der Waals surface area contributed by atoms with Gasteiger partial charge in [0.05, 0.1) is 13.2 Å². The predicted octanol–water partition coefficient (Wildman–Crippen LogP) is 4.08. The molecule has 31 heavy (non-hydrogen) atoms. The van der Waals surface area contributed by atoms with Crippen molar-refractivity contribution in [1.29, 1.82) is 0 Å². The van der Waals surface area contributed by atoms with Crippen LogP contribution in [-0.4, -0.2) is 60.3 Å². The lowest BCUT2D eigenvalue weighted by Crippen LogP contribution is -2.52. The lowest BCUT2D eigenvalue weighted by Gasteiger charge is -2.38. The summed E-state index contributed by atoms with van der Waals surface area (Å²) in [5.74, 6) is 1.48. The zero-order valence-electron chi connectivity index (χ0n) is 19.1. The van der Waals surface area contributed by atoms with Crippen molar-refractivity contribution in [2.75, 3.05) is 32.8 Å². The monoisotopic (exact) mass is 429 g/mol. The number of allylic oxidation sites excluding steroid dienone is 2. The summed E-state index contributed by atoms with van der Waals surface area (Å²) >= 11 is 0. The molecule has 7 heteroatoms. The highest BCUT2D eigenvalue weighted by Gasteiger charge is 2.48. The van der Waals surface area contributed by atoms with E-state index in [0.717, 1.165) is 42.6 Å². The van der Waals surface area contributed by atoms with Crippen LogP contribution in [0.2, 0.25) is 0 Å². The fourth-order valence-corrected chi connectivity index (χ4v) is 3.82. The molecule has 3 fully saturated rings. The molecule has 1 aliphatic carbocycles. The van der Waals surface area contributed by atoms with Gasteiger partial charge in [0.15, 0.2) is 5.60 Å². The van der Waals surface area contributed by atoms with E-state index >= 15 is 0 Å². The molecule has 0 radical (unpaired) electrons. The number of carbonyl (C=O) groups excluding carboxylic acids is 2. The zero-order valence-corrected chi connectivity index (χ0v) is 19.1. The molecular formula is C24H35N3O4. The van der Waals surface area contributed by atoms with Crippen LogP contribution in [0.5, 0.6) is 0 Å². The van der Waals surface area contributed by atoms with E-state index in [0.29, 0.717) is 25.5 Å². The topological polar surface area (TPSA) is 83.7 Å². The van der Waals surface area contributed by atoms with Crippen LogP contribution >= 0.6 is 0 Å². The molecule has 7 nitrogen and oxygen atoms in total. The van der Waals surface area contributed by atoms with E-state index in [2.05, 4.69) is 23.3 Å². The van der Waals surface area contributed by atoms with Crippen molar-refractivity contribution in [2.24, 2.45) is 11.8 Å². The number of carbonyl (C=O) groups is 2. The summed E-state index contributed by atoms with van der Waals surface area (Å²) in [7, 11) is 0. The molecule has 0 bridgehead atoms. The molecule has 0 aromatic carbocycles. The number of ether oxygens (including phenoxy) is 2. The molecule has 170 valence electrons. The average Bonchev–Trinajstić information content (AvgIpc) is 3.13. The smallest absolute Gasteiger partial charge is 0.410 e. The van der Waals surface area contributed by atoms with Gasteiger partial charge in [-0.25, -0.2) is 4.79 Å². The number of fused-ring (bicyclic) bond motifs is 1. The van der Waals surface area contributed by atoms with Crippen LogP contribution in [-0.2, 0) is 9.47 Å². The predicted molar refractivity (Wildman–Crippen MR) is 122 cm³/mol. The molecule has 1 saturated carbocycles. The Labute approximate surface area is 184 Å². The highest BCUT2D eigenvalue weighted by Crippen LogP contribution is 2.45. The average molecular weight is 430 g/mol. The van der Waals surface area contributed by atoms with Crippen LogP contribution < -0.4 is 5.32 Å². The fourth-order valence-electron chi connectivity index (χ4n) is 3.82. The molecule has 2 atom stereocenters. The standard InChI is InChI=1S/C14H20N2O.C10H15NO3/c1-4-7-9-11-10-13(14(17)15-6-3)16-12(11)8-5-2;1-10(5-13-6-10)14-9(12)11-3-7-2-8(7)4-11/h5,7-10,16H,4,6H2,1-3H3,(H,15,17);7-8H,2-6H2,1H3/b8-5-,9-7+;. The molecule has 3 aliphatic rings. The molecule has 1 aromatic rings. The van der Waals surface area contributed by atoms with Crippen molar-refractivity contribution in [2.45, 2.75) is 46.1 Å². The first-order valence-corrected chi connectivity index (χ1v) is 11.2. The second-order valence-electron chi connectivity index (χ2n) is 8.69. The van der Waals surface area contributed by atoms with E-state index < -0.39 is 0 Å². The first-order chi connectivity index (χ1) is 14.9. The fraction of sp³-hybridized carbons (Fsp3) is 0.583. The van der Waals surface area contributed by atoms with Gasteiger partial charge < -0.3 is 24.7 Å². The molecule has 4 rings (SSSR count). The summed E-state index contributed by atoms with van der Waals surface area (Å²) < 4.78 is 10.4. The highest BCUT2D eigenvalue weighted by atomic mass is 16.6. The van der Waals surface area contributed by atoms with E-state index in [1.54, 1.807) is 0 Å². The van der Waals surface area contributed by atoms with Crippen LogP contribution in [0.15, 0.2) is 18.2 Å². The van der Waals surface area contributed by atoms with Gasteiger partial charge in [0.2, 0.25) is 0 Å². The van der Waals surface area contributed by atoms with Gasteiger partial charge in [-0.3, -0.25) is 4.79 Å². The molecule has 2 unspecified atom stereocenters. The van der Waals surface area contributed by atoms with Gasteiger partial charge >= 0.3 is 6.09 Å². The molecule has 1 aromatic heterocycles. The Hall–Kier alpha value is -2.54. The Balaban J connectivity index is 0.000000178. The normalized spacial score (nSPS) is 23.2. The summed E-state index contributed by atoms with van der Waals surface area (Å²) in [6.45, 7) is 11.4. The van der Waals surface area contributed by atoms with Crippen LogP contribution in [0.1, 0.15) is 62.3 Å². The quantitative estimate of drug-likeness (QED) is 0.714. The molecule has 3 heterocycles. The van der Waals surface area contributed by atoms with Crippen molar-refractivity contribution >= 4 is 24.2 Å². The molecule has 2 saturated heterocycles. The summed E-state index contributed by atoms with van der Waals surface area (Å²) in [5, 5.41) is 2.78.